The summed E-state index contributed by atoms with van der Waals surface area (Å²) in [5.74, 6) is -0.257. The number of piperidine rings is 1. The standard InChI is InChI=1S/C17H19FN4O2/c18-14-5-1-3-12(9-14)17(24)22-7-2-4-13(10-22)16-20-6-8-21(16)11-15(19)23/h1,3,5-6,8-9,13H,2,4,7,10-11H2,(H2,19,23). The number of amides is 2. The molecule has 0 radical (unpaired) electrons. The van der Waals surface area contributed by atoms with E-state index in [1.807, 2.05) is 0 Å². The number of carbonyl (C=O) groups excluding carboxylic acids is 2. The maximum absolute atomic E-state index is 13.3. The van der Waals surface area contributed by atoms with Gasteiger partial charge in [0.2, 0.25) is 5.91 Å². The van der Waals surface area contributed by atoms with Crippen molar-refractivity contribution in [2.45, 2.75) is 25.3 Å². The van der Waals surface area contributed by atoms with Crippen molar-refractivity contribution < 1.29 is 14.0 Å². The number of nitrogens with zero attached hydrogens (tertiary/aromatic N) is 3. The van der Waals surface area contributed by atoms with Gasteiger partial charge in [0.25, 0.3) is 5.91 Å². The van der Waals surface area contributed by atoms with E-state index in [1.54, 1.807) is 27.9 Å². The van der Waals surface area contributed by atoms with Crippen molar-refractivity contribution in [2.24, 2.45) is 5.73 Å². The van der Waals surface area contributed by atoms with Crippen molar-refractivity contribution >= 4 is 11.8 Å². The molecule has 1 aromatic heterocycles. The summed E-state index contributed by atoms with van der Waals surface area (Å²) in [4.78, 5) is 29.8. The maximum atomic E-state index is 13.3. The monoisotopic (exact) mass is 330 g/mol. The Morgan fingerprint density at radius 2 is 2.21 bits per heavy atom. The number of nitrogens with two attached hydrogens (primary N) is 1. The third-order valence-electron chi connectivity index (χ3n) is 4.22. The van der Waals surface area contributed by atoms with Crippen molar-refractivity contribution in [2.75, 3.05) is 13.1 Å². The van der Waals surface area contributed by atoms with Crippen LogP contribution in [0.4, 0.5) is 4.39 Å². The second-order valence-corrected chi connectivity index (χ2v) is 5.98. The lowest BCUT2D eigenvalue weighted by molar-refractivity contribution is -0.118. The minimum absolute atomic E-state index is 0.0330. The second-order valence-electron chi connectivity index (χ2n) is 5.98. The molecule has 0 spiro atoms. The number of aromatic nitrogens is 2. The Morgan fingerprint density at radius 1 is 1.38 bits per heavy atom. The molecule has 1 aromatic carbocycles. The molecule has 1 atom stereocenters. The number of hydrogen-bond donors (Lipinski definition) is 1. The van der Waals surface area contributed by atoms with Crippen LogP contribution in [-0.4, -0.2) is 39.4 Å². The second kappa shape index (κ2) is 6.82. The number of rotatable bonds is 4. The molecule has 24 heavy (non-hydrogen) atoms. The molecule has 2 amide bonds. The van der Waals surface area contributed by atoms with Gasteiger partial charge in [0.05, 0.1) is 0 Å². The van der Waals surface area contributed by atoms with Crippen LogP contribution in [0.5, 0.6) is 0 Å². The first-order chi connectivity index (χ1) is 11.5. The molecular formula is C17H19FN4O2. The van der Waals surface area contributed by atoms with Gasteiger partial charge in [-0.1, -0.05) is 6.07 Å². The number of benzene rings is 1. The van der Waals surface area contributed by atoms with E-state index in [1.165, 1.54) is 18.2 Å². The molecule has 1 aliphatic heterocycles. The van der Waals surface area contributed by atoms with Gasteiger partial charge in [0.1, 0.15) is 18.2 Å². The fourth-order valence-corrected chi connectivity index (χ4v) is 3.16. The molecule has 126 valence electrons. The summed E-state index contributed by atoms with van der Waals surface area (Å²) in [7, 11) is 0. The van der Waals surface area contributed by atoms with E-state index in [2.05, 4.69) is 4.98 Å². The summed E-state index contributed by atoms with van der Waals surface area (Å²) < 4.78 is 15.1. The van der Waals surface area contributed by atoms with Crippen LogP contribution in [-0.2, 0) is 11.3 Å². The van der Waals surface area contributed by atoms with Crippen LogP contribution >= 0.6 is 0 Å². The van der Waals surface area contributed by atoms with Gasteiger partial charge in [-0.05, 0) is 31.0 Å². The highest BCUT2D eigenvalue weighted by atomic mass is 19.1. The average molecular weight is 330 g/mol. The summed E-state index contributed by atoms with van der Waals surface area (Å²) >= 11 is 0. The normalized spacial score (nSPS) is 17.7. The first-order valence-electron chi connectivity index (χ1n) is 7.89. The predicted octanol–water partition coefficient (Wildman–Crippen LogP) is 1.53. The van der Waals surface area contributed by atoms with Gasteiger partial charge in [-0.3, -0.25) is 9.59 Å². The fourth-order valence-electron chi connectivity index (χ4n) is 3.16. The van der Waals surface area contributed by atoms with Crippen molar-refractivity contribution in [3.05, 3.63) is 53.9 Å². The average Bonchev–Trinajstić information content (AvgIpc) is 3.01. The predicted molar refractivity (Wildman–Crippen MR) is 85.7 cm³/mol. The van der Waals surface area contributed by atoms with Crippen molar-refractivity contribution in [1.82, 2.24) is 14.5 Å². The van der Waals surface area contributed by atoms with Crippen LogP contribution < -0.4 is 5.73 Å². The van der Waals surface area contributed by atoms with Gasteiger partial charge >= 0.3 is 0 Å². The molecule has 1 saturated heterocycles. The number of carbonyl (C=O) groups is 2. The van der Waals surface area contributed by atoms with Crippen molar-refractivity contribution in [3.63, 3.8) is 0 Å². The number of primary amides is 1. The molecule has 1 aliphatic rings. The Balaban J connectivity index is 1.76. The zero-order valence-corrected chi connectivity index (χ0v) is 13.2. The first-order valence-corrected chi connectivity index (χ1v) is 7.89. The van der Waals surface area contributed by atoms with Crippen LogP contribution in [0.25, 0.3) is 0 Å². The topological polar surface area (TPSA) is 81.2 Å². The molecule has 0 aliphatic carbocycles. The Kier molecular flexibility index (Phi) is 4.59. The minimum Gasteiger partial charge on any atom is -0.368 e. The van der Waals surface area contributed by atoms with Gasteiger partial charge < -0.3 is 15.2 Å². The Morgan fingerprint density at radius 3 is 2.96 bits per heavy atom. The lowest BCUT2D eigenvalue weighted by Gasteiger charge is -2.32. The Hall–Kier alpha value is -2.70. The third-order valence-corrected chi connectivity index (χ3v) is 4.22. The van der Waals surface area contributed by atoms with E-state index >= 15 is 0 Å². The summed E-state index contributed by atoms with van der Waals surface area (Å²) in [5, 5.41) is 0. The summed E-state index contributed by atoms with van der Waals surface area (Å²) in [6.07, 6.45) is 5.05. The molecule has 2 aromatic rings. The van der Waals surface area contributed by atoms with Gasteiger partial charge in [0.15, 0.2) is 0 Å². The first kappa shape index (κ1) is 16.2. The van der Waals surface area contributed by atoms with E-state index in [9.17, 15) is 14.0 Å². The zero-order chi connectivity index (χ0) is 17.1. The van der Waals surface area contributed by atoms with E-state index < -0.39 is 11.7 Å². The lowest BCUT2D eigenvalue weighted by Crippen LogP contribution is -2.40. The smallest absolute Gasteiger partial charge is 0.253 e. The van der Waals surface area contributed by atoms with Gasteiger partial charge in [-0.25, -0.2) is 9.37 Å². The molecule has 3 rings (SSSR count). The van der Waals surface area contributed by atoms with Crippen molar-refractivity contribution in [1.29, 1.82) is 0 Å². The maximum Gasteiger partial charge on any atom is 0.253 e. The summed E-state index contributed by atoms with van der Waals surface area (Å²) in [6.45, 7) is 1.19. The highest BCUT2D eigenvalue weighted by Gasteiger charge is 2.28. The largest absolute Gasteiger partial charge is 0.368 e. The van der Waals surface area contributed by atoms with Crippen LogP contribution in [0.1, 0.15) is 34.9 Å². The zero-order valence-electron chi connectivity index (χ0n) is 13.2. The molecule has 1 fully saturated rings. The van der Waals surface area contributed by atoms with E-state index in [0.29, 0.717) is 18.7 Å². The third kappa shape index (κ3) is 3.45. The van der Waals surface area contributed by atoms with Crippen LogP contribution in [0.3, 0.4) is 0 Å². The quantitative estimate of drug-likeness (QED) is 0.923. The van der Waals surface area contributed by atoms with Crippen LogP contribution in [0, 0.1) is 5.82 Å². The molecule has 1 unspecified atom stereocenters. The summed E-state index contributed by atoms with van der Waals surface area (Å²) in [5.41, 5.74) is 5.60. The van der Waals surface area contributed by atoms with Gasteiger partial charge in [-0.15, -0.1) is 0 Å². The number of halogens is 1. The minimum atomic E-state index is -0.433. The molecule has 2 N–H and O–H groups in total. The van der Waals surface area contributed by atoms with E-state index in [-0.39, 0.29) is 18.4 Å². The highest BCUT2D eigenvalue weighted by molar-refractivity contribution is 5.94. The lowest BCUT2D eigenvalue weighted by atomic mass is 9.96. The Labute approximate surface area is 139 Å². The molecule has 0 saturated carbocycles. The fraction of sp³-hybridized carbons (Fsp3) is 0.353. The molecule has 6 nitrogen and oxygen atoms in total. The number of hydrogen-bond acceptors (Lipinski definition) is 3. The molecule has 7 heteroatoms. The van der Waals surface area contributed by atoms with Crippen molar-refractivity contribution in [3.8, 4) is 0 Å². The molecular weight excluding hydrogens is 311 g/mol. The number of imidazole rings is 1. The van der Waals surface area contributed by atoms with Crippen LogP contribution in [0.15, 0.2) is 36.7 Å². The number of likely N-dealkylation sites (tertiary alicyclic amines) is 1. The summed E-state index contributed by atoms with van der Waals surface area (Å²) in [6, 6.07) is 5.71. The van der Waals surface area contributed by atoms with Gasteiger partial charge in [0, 0.05) is 37.0 Å². The van der Waals surface area contributed by atoms with Crippen LogP contribution in [0.2, 0.25) is 0 Å². The van der Waals surface area contributed by atoms with E-state index in [0.717, 1.165) is 18.7 Å². The Bertz CT molecular complexity index is 759. The molecule has 2 heterocycles. The molecule has 0 bridgehead atoms. The SMILES string of the molecule is NC(=O)Cn1ccnc1C1CCCN(C(=O)c2cccc(F)c2)C1. The highest BCUT2D eigenvalue weighted by Crippen LogP contribution is 2.27. The van der Waals surface area contributed by atoms with E-state index in [4.69, 9.17) is 5.73 Å². The van der Waals surface area contributed by atoms with Gasteiger partial charge in [-0.2, -0.15) is 0 Å².